The Bertz CT molecular complexity index is 1090. The van der Waals surface area contributed by atoms with Crippen LogP contribution < -0.4 is 14.4 Å². The highest BCUT2D eigenvalue weighted by atomic mass is 79.9. The number of para-hydroxylation sites is 1. The van der Waals surface area contributed by atoms with E-state index in [0.29, 0.717) is 23.7 Å². The number of rotatable bonds is 8. The molecule has 30 heavy (non-hydrogen) atoms. The fourth-order valence-corrected chi connectivity index (χ4v) is 4.46. The van der Waals surface area contributed by atoms with Gasteiger partial charge >= 0.3 is 0 Å². The van der Waals surface area contributed by atoms with Gasteiger partial charge in [-0.25, -0.2) is 8.42 Å². The third-order valence-electron chi connectivity index (χ3n) is 4.18. The van der Waals surface area contributed by atoms with E-state index in [1.165, 1.54) is 12.1 Å². The Balaban J connectivity index is 1.88. The van der Waals surface area contributed by atoms with Crippen molar-refractivity contribution in [1.82, 2.24) is 0 Å². The largest absolute Gasteiger partial charge is 0.494 e. The molecule has 0 atom stereocenters. The van der Waals surface area contributed by atoms with Gasteiger partial charge < -0.3 is 10.1 Å². The first kappa shape index (κ1) is 21.9. The summed E-state index contributed by atoms with van der Waals surface area (Å²) in [6.07, 6.45) is 0. The van der Waals surface area contributed by atoms with E-state index in [4.69, 9.17) is 4.74 Å². The van der Waals surface area contributed by atoms with Gasteiger partial charge in [-0.1, -0.05) is 34.1 Å². The molecule has 0 radical (unpaired) electrons. The van der Waals surface area contributed by atoms with Crippen molar-refractivity contribution in [3.05, 3.63) is 83.3 Å². The van der Waals surface area contributed by atoms with Gasteiger partial charge in [0.05, 0.1) is 17.2 Å². The van der Waals surface area contributed by atoms with Gasteiger partial charge in [-0.3, -0.25) is 9.10 Å². The van der Waals surface area contributed by atoms with Crippen LogP contribution in [-0.2, 0) is 14.8 Å². The summed E-state index contributed by atoms with van der Waals surface area (Å²) in [4.78, 5) is 12.7. The standard InChI is InChI=1S/C22H21BrN2O4S/c1-2-29-20-12-14-21(15-13-20)30(27,28)25(19-6-4-3-5-7-19)16-22(26)24-18-10-8-17(23)9-11-18/h3-15H,2,16H2,1H3,(H,24,26). The van der Waals surface area contributed by atoms with Crippen molar-refractivity contribution < 1.29 is 17.9 Å². The highest BCUT2D eigenvalue weighted by Gasteiger charge is 2.27. The van der Waals surface area contributed by atoms with Crippen molar-refractivity contribution in [1.29, 1.82) is 0 Å². The lowest BCUT2D eigenvalue weighted by Gasteiger charge is -2.24. The van der Waals surface area contributed by atoms with Gasteiger partial charge in [0.25, 0.3) is 10.0 Å². The van der Waals surface area contributed by atoms with Crippen molar-refractivity contribution in [2.45, 2.75) is 11.8 Å². The average Bonchev–Trinajstić information content (AvgIpc) is 2.75. The van der Waals surface area contributed by atoms with Crippen LogP contribution in [0.2, 0.25) is 0 Å². The molecule has 0 aromatic heterocycles. The molecule has 156 valence electrons. The zero-order chi connectivity index (χ0) is 21.6. The molecule has 0 saturated carbocycles. The molecular weight excluding hydrogens is 468 g/mol. The first-order valence-corrected chi connectivity index (χ1v) is 11.5. The summed E-state index contributed by atoms with van der Waals surface area (Å²) in [6.45, 7) is 1.97. The Morgan fingerprint density at radius 2 is 1.60 bits per heavy atom. The fraction of sp³-hybridized carbons (Fsp3) is 0.136. The molecule has 1 amide bonds. The second-order valence-corrected chi connectivity index (χ2v) is 9.08. The molecule has 1 N–H and O–H groups in total. The monoisotopic (exact) mass is 488 g/mol. The summed E-state index contributed by atoms with van der Waals surface area (Å²) in [6, 6.07) is 21.7. The summed E-state index contributed by atoms with van der Waals surface area (Å²) in [5.74, 6) is 0.131. The first-order valence-electron chi connectivity index (χ1n) is 9.26. The van der Waals surface area contributed by atoms with Crippen molar-refractivity contribution >= 4 is 43.2 Å². The number of hydrogen-bond acceptors (Lipinski definition) is 4. The zero-order valence-electron chi connectivity index (χ0n) is 16.3. The summed E-state index contributed by atoms with van der Waals surface area (Å²) < 4.78 is 34.0. The van der Waals surface area contributed by atoms with E-state index >= 15 is 0 Å². The van der Waals surface area contributed by atoms with E-state index in [0.717, 1.165) is 8.78 Å². The maximum absolute atomic E-state index is 13.3. The normalized spacial score (nSPS) is 11.0. The number of carbonyl (C=O) groups is 1. The van der Waals surface area contributed by atoms with Gasteiger partial charge in [-0.05, 0) is 67.6 Å². The topological polar surface area (TPSA) is 75.7 Å². The van der Waals surface area contributed by atoms with Crippen LogP contribution in [0.15, 0.2) is 88.2 Å². The van der Waals surface area contributed by atoms with Crippen LogP contribution in [0.5, 0.6) is 5.75 Å². The lowest BCUT2D eigenvalue weighted by Crippen LogP contribution is -2.38. The van der Waals surface area contributed by atoms with Crippen molar-refractivity contribution in [2.75, 3.05) is 22.8 Å². The average molecular weight is 489 g/mol. The van der Waals surface area contributed by atoms with Crippen molar-refractivity contribution in [3.8, 4) is 5.75 Å². The summed E-state index contributed by atoms with van der Waals surface area (Å²) in [5, 5.41) is 2.73. The minimum atomic E-state index is -3.97. The van der Waals surface area contributed by atoms with Crippen LogP contribution in [0.1, 0.15) is 6.92 Å². The van der Waals surface area contributed by atoms with E-state index in [9.17, 15) is 13.2 Å². The number of amides is 1. The summed E-state index contributed by atoms with van der Waals surface area (Å²) in [7, 11) is -3.97. The molecule has 0 heterocycles. The van der Waals surface area contributed by atoms with Crippen LogP contribution >= 0.6 is 15.9 Å². The molecule has 0 saturated heterocycles. The molecule has 8 heteroatoms. The molecule has 0 fully saturated rings. The quantitative estimate of drug-likeness (QED) is 0.499. The van der Waals surface area contributed by atoms with Gasteiger partial charge in [0.2, 0.25) is 5.91 Å². The second-order valence-electron chi connectivity index (χ2n) is 6.31. The van der Waals surface area contributed by atoms with Crippen LogP contribution in [0.4, 0.5) is 11.4 Å². The van der Waals surface area contributed by atoms with Gasteiger partial charge in [-0.2, -0.15) is 0 Å². The van der Waals surface area contributed by atoms with Crippen LogP contribution in [0.3, 0.4) is 0 Å². The third-order valence-corrected chi connectivity index (χ3v) is 6.50. The van der Waals surface area contributed by atoms with E-state index in [2.05, 4.69) is 21.2 Å². The van der Waals surface area contributed by atoms with Crippen LogP contribution in [0.25, 0.3) is 0 Å². The number of ether oxygens (including phenoxy) is 1. The summed E-state index contributed by atoms with van der Waals surface area (Å²) in [5.41, 5.74) is 0.979. The number of benzene rings is 3. The predicted molar refractivity (Wildman–Crippen MR) is 121 cm³/mol. The minimum Gasteiger partial charge on any atom is -0.494 e. The fourth-order valence-electron chi connectivity index (χ4n) is 2.78. The predicted octanol–water partition coefficient (Wildman–Crippen LogP) is 4.68. The Kier molecular flexibility index (Phi) is 7.12. The molecular formula is C22H21BrN2O4S. The van der Waals surface area contributed by atoms with Gasteiger partial charge in [-0.15, -0.1) is 0 Å². The SMILES string of the molecule is CCOc1ccc(S(=O)(=O)N(CC(=O)Nc2ccc(Br)cc2)c2ccccc2)cc1. The maximum Gasteiger partial charge on any atom is 0.264 e. The molecule has 0 aliphatic heterocycles. The number of carbonyl (C=O) groups excluding carboxylic acids is 1. The lowest BCUT2D eigenvalue weighted by molar-refractivity contribution is -0.114. The second kappa shape index (κ2) is 9.77. The number of anilines is 2. The molecule has 6 nitrogen and oxygen atoms in total. The molecule has 3 aromatic rings. The highest BCUT2D eigenvalue weighted by Crippen LogP contribution is 2.25. The van der Waals surface area contributed by atoms with Crippen molar-refractivity contribution in [2.24, 2.45) is 0 Å². The Hall–Kier alpha value is -2.84. The minimum absolute atomic E-state index is 0.0752. The number of nitrogens with zero attached hydrogens (tertiary/aromatic N) is 1. The molecule has 0 aliphatic rings. The molecule has 0 unspecified atom stereocenters. The van der Waals surface area contributed by atoms with Crippen LogP contribution in [0, 0.1) is 0 Å². The Morgan fingerprint density at radius 3 is 2.20 bits per heavy atom. The van der Waals surface area contributed by atoms with E-state index < -0.39 is 15.9 Å². The number of halogens is 1. The van der Waals surface area contributed by atoms with Gasteiger partial charge in [0.1, 0.15) is 12.3 Å². The molecule has 0 aliphatic carbocycles. The van der Waals surface area contributed by atoms with E-state index in [1.54, 1.807) is 66.7 Å². The van der Waals surface area contributed by atoms with Gasteiger partial charge in [0, 0.05) is 10.2 Å². The Labute approximate surface area is 184 Å². The van der Waals surface area contributed by atoms with Gasteiger partial charge in [0.15, 0.2) is 0 Å². The van der Waals surface area contributed by atoms with E-state index in [1.807, 2.05) is 6.92 Å². The first-order chi connectivity index (χ1) is 14.4. The molecule has 0 bridgehead atoms. The Morgan fingerprint density at radius 1 is 0.967 bits per heavy atom. The smallest absolute Gasteiger partial charge is 0.264 e. The highest BCUT2D eigenvalue weighted by molar-refractivity contribution is 9.10. The van der Waals surface area contributed by atoms with E-state index in [-0.39, 0.29) is 11.4 Å². The summed E-state index contributed by atoms with van der Waals surface area (Å²) >= 11 is 3.34. The molecule has 3 aromatic carbocycles. The van der Waals surface area contributed by atoms with Crippen molar-refractivity contribution in [3.63, 3.8) is 0 Å². The number of sulfonamides is 1. The zero-order valence-corrected chi connectivity index (χ0v) is 18.7. The maximum atomic E-state index is 13.3. The molecule has 0 spiro atoms. The number of nitrogens with one attached hydrogen (secondary N) is 1. The van der Waals surface area contributed by atoms with Crippen LogP contribution in [-0.4, -0.2) is 27.5 Å². The third kappa shape index (κ3) is 5.40. The lowest BCUT2D eigenvalue weighted by atomic mass is 10.3. The molecule has 3 rings (SSSR count). The number of hydrogen-bond donors (Lipinski definition) is 1.